The number of H-pyrrole nitrogens is 1. The number of hydrogen-bond acceptors (Lipinski definition) is 6. The molecule has 4 aromatic heterocycles. The van der Waals surface area contributed by atoms with Crippen LogP contribution in [0.15, 0.2) is 71.4 Å². The highest BCUT2D eigenvalue weighted by Crippen LogP contribution is 2.46. The Morgan fingerprint density at radius 2 is 1.77 bits per heavy atom. The number of carboxylic acids is 1. The van der Waals surface area contributed by atoms with Gasteiger partial charge in [0.05, 0.1) is 12.1 Å². The van der Waals surface area contributed by atoms with E-state index >= 15 is 0 Å². The Morgan fingerprint density at radius 1 is 1.00 bits per heavy atom. The number of carboxylic acid groups (broad SMARTS) is 1. The van der Waals surface area contributed by atoms with Gasteiger partial charge < -0.3 is 19.8 Å². The van der Waals surface area contributed by atoms with Crippen molar-refractivity contribution in [2.24, 2.45) is 17.8 Å². The smallest absolute Gasteiger partial charge is 0.308 e. The van der Waals surface area contributed by atoms with Crippen LogP contribution in [0, 0.1) is 23.6 Å². The predicted molar refractivity (Wildman–Crippen MR) is 144 cm³/mol. The molecule has 3 saturated carbocycles. The number of rotatable bonds is 6. The topological polar surface area (TPSA) is 117 Å². The molecule has 39 heavy (non-hydrogen) atoms. The van der Waals surface area contributed by atoms with E-state index in [1.54, 1.807) is 12.3 Å². The number of nitrogens with one attached hydrogen (secondary N) is 2. The molecule has 3 N–H and O–H groups in total. The van der Waals surface area contributed by atoms with Crippen LogP contribution in [0.4, 0.5) is 10.2 Å². The van der Waals surface area contributed by atoms with Crippen LogP contribution in [0.2, 0.25) is 0 Å². The van der Waals surface area contributed by atoms with Gasteiger partial charge >= 0.3 is 5.97 Å². The summed E-state index contributed by atoms with van der Waals surface area (Å²) in [5.41, 5.74) is 2.60. The SMILES string of the molecule is O=C(O)C1C2CCC(CC2)C1Nc1cc(-c2ccc(-c3ccccc3)o2)nc(-c2c[nH]c3ncc(F)cc23)n1. The van der Waals surface area contributed by atoms with Crippen molar-refractivity contribution in [3.05, 3.63) is 72.8 Å². The normalized spacial score (nSPS) is 22.3. The molecule has 0 radical (unpaired) electrons. The number of aromatic nitrogens is 4. The van der Waals surface area contributed by atoms with Crippen LogP contribution in [-0.2, 0) is 4.79 Å². The Labute approximate surface area is 223 Å². The number of pyridine rings is 1. The highest BCUT2D eigenvalue weighted by Gasteiger charge is 2.47. The zero-order valence-electron chi connectivity index (χ0n) is 21.0. The number of nitrogens with zero attached hydrogens (tertiary/aromatic N) is 3. The van der Waals surface area contributed by atoms with E-state index in [1.807, 2.05) is 42.5 Å². The van der Waals surface area contributed by atoms with Crippen molar-refractivity contribution in [1.82, 2.24) is 19.9 Å². The number of aliphatic carboxylic acids is 1. The molecular weight excluding hydrogens is 497 g/mol. The molecule has 3 aliphatic carbocycles. The number of fused-ring (bicyclic) bond motifs is 4. The van der Waals surface area contributed by atoms with Gasteiger partial charge in [-0.25, -0.2) is 19.3 Å². The lowest BCUT2D eigenvalue weighted by Crippen LogP contribution is -2.51. The summed E-state index contributed by atoms with van der Waals surface area (Å²) in [4.78, 5) is 29.1. The highest BCUT2D eigenvalue weighted by atomic mass is 19.1. The third-order valence-electron chi connectivity index (χ3n) is 8.20. The Morgan fingerprint density at radius 3 is 2.56 bits per heavy atom. The van der Waals surface area contributed by atoms with Gasteiger partial charge in [-0.3, -0.25) is 4.79 Å². The highest BCUT2D eigenvalue weighted by molar-refractivity contribution is 5.92. The standard InChI is InChI=1S/C30H26FN5O3/c31-19-12-20-21(15-33-28(20)32-14-19)29-34-22(24-11-10-23(39-24)16-4-2-1-3-5-16)13-25(36-29)35-27-18-8-6-17(7-9-18)26(27)30(37)38/h1-5,10-15,17-18,26-27H,6-9H2,(H,32,33)(H,37,38)(H,34,35,36). The third-order valence-corrected chi connectivity index (χ3v) is 8.20. The lowest BCUT2D eigenvalue weighted by Gasteiger charge is -2.47. The van der Waals surface area contributed by atoms with E-state index in [9.17, 15) is 14.3 Å². The van der Waals surface area contributed by atoms with Crippen molar-refractivity contribution in [2.45, 2.75) is 31.7 Å². The van der Waals surface area contributed by atoms with Crippen molar-refractivity contribution >= 4 is 22.8 Å². The van der Waals surface area contributed by atoms with Crippen LogP contribution in [0.25, 0.3) is 45.2 Å². The molecule has 3 fully saturated rings. The lowest BCUT2D eigenvalue weighted by molar-refractivity contribution is -0.148. The Kier molecular flexibility index (Phi) is 5.65. The molecular formula is C30H26FN5O3. The van der Waals surface area contributed by atoms with Gasteiger partial charge in [0.2, 0.25) is 0 Å². The van der Waals surface area contributed by atoms with E-state index in [4.69, 9.17) is 14.4 Å². The minimum Gasteiger partial charge on any atom is -0.481 e. The van der Waals surface area contributed by atoms with Crippen LogP contribution in [0.1, 0.15) is 25.7 Å². The molecule has 1 aromatic carbocycles. The maximum atomic E-state index is 14.1. The molecule has 2 bridgehead atoms. The maximum Gasteiger partial charge on any atom is 0.308 e. The van der Waals surface area contributed by atoms with E-state index < -0.39 is 17.7 Å². The zero-order valence-corrected chi connectivity index (χ0v) is 21.0. The van der Waals surface area contributed by atoms with Crippen molar-refractivity contribution < 1.29 is 18.7 Å². The Hall–Kier alpha value is -4.53. The number of benzene rings is 1. The Bertz CT molecular complexity index is 1670. The summed E-state index contributed by atoms with van der Waals surface area (Å²) < 4.78 is 20.3. The van der Waals surface area contributed by atoms with Crippen LogP contribution in [-0.4, -0.2) is 37.1 Å². The van der Waals surface area contributed by atoms with E-state index in [1.165, 1.54) is 6.07 Å². The quantitative estimate of drug-likeness (QED) is 0.236. The van der Waals surface area contributed by atoms with Crippen LogP contribution < -0.4 is 5.32 Å². The predicted octanol–water partition coefficient (Wildman–Crippen LogP) is 6.39. The molecule has 8 nitrogen and oxygen atoms in total. The fourth-order valence-electron chi connectivity index (χ4n) is 6.35. The van der Waals surface area contributed by atoms with Crippen LogP contribution >= 0.6 is 0 Å². The van der Waals surface area contributed by atoms with Gasteiger partial charge in [0, 0.05) is 34.8 Å². The molecule has 4 heterocycles. The average Bonchev–Trinajstić information content (AvgIpc) is 3.62. The molecule has 0 aliphatic heterocycles. The second-order valence-corrected chi connectivity index (χ2v) is 10.5. The van der Waals surface area contributed by atoms with Gasteiger partial charge in [0.1, 0.15) is 28.7 Å². The summed E-state index contributed by atoms with van der Waals surface area (Å²) >= 11 is 0. The molecule has 0 saturated heterocycles. The van der Waals surface area contributed by atoms with E-state index in [-0.39, 0.29) is 17.9 Å². The largest absolute Gasteiger partial charge is 0.481 e. The van der Waals surface area contributed by atoms with Gasteiger partial charge in [-0.15, -0.1) is 0 Å². The molecule has 0 amide bonds. The lowest BCUT2D eigenvalue weighted by atomic mass is 9.61. The first-order valence-electron chi connectivity index (χ1n) is 13.2. The summed E-state index contributed by atoms with van der Waals surface area (Å²) in [5.74, 6) is 0.837. The second-order valence-electron chi connectivity index (χ2n) is 10.5. The minimum atomic E-state index is -0.770. The first kappa shape index (κ1) is 23.6. The number of carbonyl (C=O) groups is 1. The molecule has 3 aliphatic rings. The summed E-state index contributed by atoms with van der Waals surface area (Å²) in [6.45, 7) is 0. The van der Waals surface area contributed by atoms with Gasteiger partial charge in [-0.1, -0.05) is 30.3 Å². The van der Waals surface area contributed by atoms with Gasteiger partial charge in [0.25, 0.3) is 0 Å². The van der Waals surface area contributed by atoms with E-state index in [0.29, 0.717) is 45.5 Å². The number of hydrogen-bond donors (Lipinski definition) is 3. The van der Waals surface area contributed by atoms with Crippen LogP contribution in [0.5, 0.6) is 0 Å². The van der Waals surface area contributed by atoms with Crippen molar-refractivity contribution in [3.8, 4) is 34.2 Å². The van der Waals surface area contributed by atoms with Crippen LogP contribution in [0.3, 0.4) is 0 Å². The Balaban J connectivity index is 1.33. The third kappa shape index (κ3) is 4.24. The summed E-state index contributed by atoms with van der Waals surface area (Å²) in [7, 11) is 0. The summed E-state index contributed by atoms with van der Waals surface area (Å²) in [6.07, 6.45) is 6.77. The molecule has 0 spiro atoms. The number of aromatic amines is 1. The fraction of sp³-hybridized carbons (Fsp3) is 0.267. The monoisotopic (exact) mass is 523 g/mol. The van der Waals surface area contributed by atoms with Gasteiger partial charge in [-0.05, 0) is 55.7 Å². The molecule has 196 valence electrons. The molecule has 8 rings (SSSR count). The summed E-state index contributed by atoms with van der Waals surface area (Å²) in [6, 6.07) is 16.5. The average molecular weight is 524 g/mol. The van der Waals surface area contributed by atoms with E-state index in [2.05, 4.69) is 15.3 Å². The van der Waals surface area contributed by atoms with E-state index in [0.717, 1.165) is 37.4 Å². The fourth-order valence-corrected chi connectivity index (χ4v) is 6.35. The maximum absolute atomic E-state index is 14.1. The molecule has 2 unspecified atom stereocenters. The first-order valence-corrected chi connectivity index (χ1v) is 13.2. The second kappa shape index (κ2) is 9.34. The van der Waals surface area contributed by atoms with Crippen molar-refractivity contribution in [1.29, 1.82) is 0 Å². The van der Waals surface area contributed by atoms with Crippen molar-refractivity contribution in [3.63, 3.8) is 0 Å². The van der Waals surface area contributed by atoms with Gasteiger partial charge in [-0.2, -0.15) is 0 Å². The number of furan rings is 1. The van der Waals surface area contributed by atoms with Gasteiger partial charge in [0.15, 0.2) is 11.6 Å². The number of halogens is 1. The summed E-state index contributed by atoms with van der Waals surface area (Å²) in [5, 5.41) is 14.1. The molecule has 5 aromatic rings. The molecule has 2 atom stereocenters. The van der Waals surface area contributed by atoms with Crippen molar-refractivity contribution in [2.75, 3.05) is 5.32 Å². The number of anilines is 1. The zero-order chi connectivity index (χ0) is 26.5. The first-order chi connectivity index (χ1) is 19.0. The molecule has 9 heteroatoms. The minimum absolute atomic E-state index is 0.159.